The second-order valence-electron chi connectivity index (χ2n) is 6.74. The summed E-state index contributed by atoms with van der Waals surface area (Å²) in [7, 11) is 0. The van der Waals surface area contributed by atoms with Gasteiger partial charge < -0.3 is 13.9 Å². The summed E-state index contributed by atoms with van der Waals surface area (Å²) in [5.41, 5.74) is 1.05. The maximum absolute atomic E-state index is 6.01. The van der Waals surface area contributed by atoms with E-state index in [0.717, 1.165) is 55.6 Å². The first-order chi connectivity index (χ1) is 11.8. The number of aromatic nitrogens is 1. The van der Waals surface area contributed by atoms with Crippen molar-refractivity contribution >= 4 is 11.3 Å². The molecule has 1 saturated carbocycles. The van der Waals surface area contributed by atoms with Gasteiger partial charge in [-0.05, 0) is 37.8 Å². The van der Waals surface area contributed by atoms with Crippen molar-refractivity contribution in [2.75, 3.05) is 19.8 Å². The molecule has 1 aliphatic carbocycles. The fraction of sp³-hybridized carbons (Fsp3) is 0.611. The number of hydrogen-bond donors (Lipinski definition) is 0. The lowest BCUT2D eigenvalue weighted by Crippen LogP contribution is -2.47. The Morgan fingerprint density at radius 1 is 1.42 bits per heavy atom. The Morgan fingerprint density at radius 2 is 2.38 bits per heavy atom. The highest BCUT2D eigenvalue weighted by Gasteiger charge is 2.41. The number of hydrogen-bond acceptors (Lipinski definition) is 6. The third kappa shape index (κ3) is 3.72. The molecule has 0 radical (unpaired) electrons. The van der Waals surface area contributed by atoms with Gasteiger partial charge in [0.25, 0.3) is 0 Å². The second-order valence-corrected chi connectivity index (χ2v) is 7.80. The van der Waals surface area contributed by atoms with E-state index in [1.165, 1.54) is 0 Å². The predicted octanol–water partition coefficient (Wildman–Crippen LogP) is 3.24. The molecule has 1 saturated heterocycles. The van der Waals surface area contributed by atoms with Crippen LogP contribution in [-0.4, -0.2) is 41.8 Å². The zero-order valence-electron chi connectivity index (χ0n) is 14.0. The van der Waals surface area contributed by atoms with Gasteiger partial charge in [-0.15, -0.1) is 11.3 Å². The van der Waals surface area contributed by atoms with Crippen LogP contribution in [0.25, 0.3) is 0 Å². The van der Waals surface area contributed by atoms with Crippen LogP contribution >= 0.6 is 11.3 Å². The highest BCUT2D eigenvalue weighted by atomic mass is 32.1. The normalized spacial score (nSPS) is 27.5. The van der Waals surface area contributed by atoms with Crippen molar-refractivity contribution in [3.8, 4) is 0 Å². The van der Waals surface area contributed by atoms with E-state index in [1.807, 2.05) is 13.0 Å². The molecule has 3 atom stereocenters. The SMILES string of the molecule is Cc1nc(COC[C@@H]2C[C@@H]3OCCN(Cc4ccco4)[C@H]3C2)cs1. The first kappa shape index (κ1) is 16.3. The molecule has 0 bridgehead atoms. The maximum Gasteiger partial charge on any atom is 0.117 e. The molecule has 1 aliphatic heterocycles. The van der Waals surface area contributed by atoms with Gasteiger partial charge in [0.15, 0.2) is 0 Å². The van der Waals surface area contributed by atoms with Gasteiger partial charge in [-0.1, -0.05) is 0 Å². The number of aryl methyl sites for hydroxylation is 1. The van der Waals surface area contributed by atoms with Gasteiger partial charge in [0.05, 0.1) is 49.4 Å². The van der Waals surface area contributed by atoms with Gasteiger partial charge in [-0.2, -0.15) is 0 Å². The van der Waals surface area contributed by atoms with Crippen LogP contribution in [0.4, 0.5) is 0 Å². The number of rotatable bonds is 6. The van der Waals surface area contributed by atoms with Crippen LogP contribution in [0.3, 0.4) is 0 Å². The van der Waals surface area contributed by atoms with E-state index in [2.05, 4.69) is 21.3 Å². The monoisotopic (exact) mass is 348 g/mol. The molecule has 3 heterocycles. The lowest BCUT2D eigenvalue weighted by atomic mass is 10.1. The highest BCUT2D eigenvalue weighted by molar-refractivity contribution is 7.09. The number of thiazole rings is 1. The zero-order valence-corrected chi connectivity index (χ0v) is 14.8. The van der Waals surface area contributed by atoms with Crippen LogP contribution in [0.15, 0.2) is 28.2 Å². The highest BCUT2D eigenvalue weighted by Crippen LogP contribution is 2.35. The molecular weight excluding hydrogens is 324 g/mol. The predicted molar refractivity (Wildman–Crippen MR) is 91.9 cm³/mol. The van der Waals surface area contributed by atoms with Gasteiger partial charge in [0, 0.05) is 18.0 Å². The van der Waals surface area contributed by atoms with Crippen LogP contribution in [0.5, 0.6) is 0 Å². The molecule has 0 spiro atoms. The number of fused-ring (bicyclic) bond motifs is 1. The summed E-state index contributed by atoms with van der Waals surface area (Å²) in [6.07, 6.45) is 4.32. The van der Waals surface area contributed by atoms with Crippen LogP contribution in [0.2, 0.25) is 0 Å². The van der Waals surface area contributed by atoms with Crippen molar-refractivity contribution in [2.45, 2.75) is 45.1 Å². The summed E-state index contributed by atoms with van der Waals surface area (Å²) >= 11 is 1.68. The van der Waals surface area contributed by atoms with Crippen LogP contribution in [-0.2, 0) is 22.6 Å². The molecule has 2 aliphatic rings. The van der Waals surface area contributed by atoms with Crippen molar-refractivity contribution in [2.24, 2.45) is 5.92 Å². The van der Waals surface area contributed by atoms with E-state index < -0.39 is 0 Å². The van der Waals surface area contributed by atoms with Crippen LogP contribution < -0.4 is 0 Å². The van der Waals surface area contributed by atoms with Gasteiger partial charge in [-0.3, -0.25) is 4.90 Å². The molecule has 2 fully saturated rings. The van der Waals surface area contributed by atoms with Crippen molar-refractivity contribution in [3.63, 3.8) is 0 Å². The lowest BCUT2D eigenvalue weighted by molar-refractivity contribution is -0.0609. The molecule has 0 unspecified atom stereocenters. The van der Waals surface area contributed by atoms with Crippen molar-refractivity contribution < 1.29 is 13.9 Å². The topological polar surface area (TPSA) is 47.7 Å². The smallest absolute Gasteiger partial charge is 0.117 e. The number of furan rings is 1. The van der Waals surface area contributed by atoms with Crippen LogP contribution in [0.1, 0.15) is 29.3 Å². The summed E-state index contributed by atoms with van der Waals surface area (Å²) in [5.74, 6) is 1.60. The Balaban J connectivity index is 1.28. The van der Waals surface area contributed by atoms with E-state index in [-0.39, 0.29) is 0 Å². The fourth-order valence-electron chi connectivity index (χ4n) is 3.87. The van der Waals surface area contributed by atoms with Crippen molar-refractivity contribution in [3.05, 3.63) is 40.2 Å². The third-order valence-corrected chi connectivity index (χ3v) is 5.78. The van der Waals surface area contributed by atoms with Gasteiger partial charge in [0.1, 0.15) is 5.76 Å². The molecule has 130 valence electrons. The molecule has 2 aromatic rings. The molecule has 0 aromatic carbocycles. The Hall–Kier alpha value is -1.21. The molecular formula is C18H24N2O3S. The third-order valence-electron chi connectivity index (χ3n) is 4.96. The lowest BCUT2D eigenvalue weighted by Gasteiger charge is -2.37. The summed E-state index contributed by atoms with van der Waals surface area (Å²) in [4.78, 5) is 6.96. The zero-order chi connectivity index (χ0) is 16.4. The van der Waals surface area contributed by atoms with E-state index in [1.54, 1.807) is 17.6 Å². The minimum atomic E-state index is 0.337. The first-order valence-electron chi connectivity index (χ1n) is 8.64. The summed E-state index contributed by atoms with van der Waals surface area (Å²) in [5, 5.41) is 3.18. The number of ether oxygens (including phenoxy) is 2. The standard InChI is InChI=1S/C18H24N2O3S/c1-13-19-15(12-24-13)11-21-10-14-7-17-18(8-14)23-6-4-20(17)9-16-3-2-5-22-16/h2-3,5,12,14,17-18H,4,6-11H2,1H3/t14-,17-,18-/m0/s1. The quantitative estimate of drug-likeness (QED) is 0.802. The van der Waals surface area contributed by atoms with Crippen molar-refractivity contribution in [1.29, 1.82) is 0 Å². The Kier molecular flexibility index (Phi) is 4.98. The Bertz CT molecular complexity index is 642. The minimum Gasteiger partial charge on any atom is -0.468 e. The average molecular weight is 348 g/mol. The fourth-order valence-corrected chi connectivity index (χ4v) is 4.46. The largest absolute Gasteiger partial charge is 0.468 e. The summed E-state index contributed by atoms with van der Waals surface area (Å²) in [6, 6.07) is 4.49. The Morgan fingerprint density at radius 3 is 3.17 bits per heavy atom. The van der Waals surface area contributed by atoms with Crippen LogP contribution in [0, 0.1) is 12.8 Å². The van der Waals surface area contributed by atoms with E-state index in [0.29, 0.717) is 24.7 Å². The number of morpholine rings is 1. The average Bonchev–Trinajstić information content (AvgIpc) is 3.29. The first-order valence-corrected chi connectivity index (χ1v) is 9.52. The molecule has 2 aromatic heterocycles. The minimum absolute atomic E-state index is 0.337. The van der Waals surface area contributed by atoms with Gasteiger partial charge in [0.2, 0.25) is 0 Å². The molecule has 6 heteroatoms. The number of nitrogens with zero attached hydrogens (tertiary/aromatic N) is 2. The van der Waals surface area contributed by atoms with Gasteiger partial charge >= 0.3 is 0 Å². The molecule has 24 heavy (non-hydrogen) atoms. The molecule has 0 N–H and O–H groups in total. The Labute approximate surface area is 146 Å². The van der Waals surface area contributed by atoms with E-state index >= 15 is 0 Å². The van der Waals surface area contributed by atoms with E-state index in [9.17, 15) is 0 Å². The molecule has 5 nitrogen and oxygen atoms in total. The molecule has 4 rings (SSSR count). The molecule has 0 amide bonds. The van der Waals surface area contributed by atoms with Gasteiger partial charge in [-0.25, -0.2) is 4.98 Å². The second kappa shape index (κ2) is 7.35. The van der Waals surface area contributed by atoms with Crippen molar-refractivity contribution in [1.82, 2.24) is 9.88 Å². The summed E-state index contributed by atoms with van der Waals surface area (Å²) in [6.45, 7) is 6.11. The maximum atomic E-state index is 6.01. The summed E-state index contributed by atoms with van der Waals surface area (Å²) < 4.78 is 17.4. The van der Waals surface area contributed by atoms with E-state index in [4.69, 9.17) is 13.9 Å².